The van der Waals surface area contributed by atoms with E-state index in [1.54, 1.807) is 0 Å². The van der Waals surface area contributed by atoms with Crippen LogP contribution in [0.5, 0.6) is 0 Å². The number of carboxylic acid groups (broad SMARTS) is 1. The number of carboxylic acids is 1. The number of aromatic nitrogens is 2. The van der Waals surface area contributed by atoms with Gasteiger partial charge < -0.3 is 10.8 Å². The van der Waals surface area contributed by atoms with Gasteiger partial charge in [0.2, 0.25) is 0 Å². The quantitative estimate of drug-likeness (QED) is 0.525. The highest BCUT2D eigenvalue weighted by atomic mass is 16.4. The minimum absolute atomic E-state index is 0.363. The van der Waals surface area contributed by atoms with E-state index in [4.69, 9.17) is 10.8 Å². The highest BCUT2D eigenvalue weighted by Crippen LogP contribution is 2.07. The molecule has 0 fully saturated rings. The van der Waals surface area contributed by atoms with Gasteiger partial charge in [-0.1, -0.05) is 0 Å². The van der Waals surface area contributed by atoms with Crippen LogP contribution in [-0.4, -0.2) is 21.3 Å². The normalized spacial score (nSPS) is 10.5. The van der Waals surface area contributed by atoms with Gasteiger partial charge in [-0.3, -0.25) is 5.10 Å². The van der Waals surface area contributed by atoms with Crippen molar-refractivity contribution in [3.05, 3.63) is 17.8 Å². The van der Waals surface area contributed by atoms with E-state index in [2.05, 4.69) is 10.2 Å². The Labute approximate surface area is 62.5 Å². The first-order valence-electron chi connectivity index (χ1n) is 2.90. The molecule has 0 aromatic carbocycles. The number of aromatic amines is 1. The van der Waals surface area contributed by atoms with E-state index in [-0.39, 0.29) is 0 Å². The Morgan fingerprint density at radius 1 is 1.82 bits per heavy atom. The van der Waals surface area contributed by atoms with Crippen molar-refractivity contribution < 1.29 is 9.90 Å². The van der Waals surface area contributed by atoms with Crippen LogP contribution < -0.4 is 5.73 Å². The molecule has 0 unspecified atom stereocenters. The molecule has 4 N–H and O–H groups in total. The van der Waals surface area contributed by atoms with Crippen LogP contribution >= 0.6 is 0 Å². The minimum Gasteiger partial charge on any atom is -0.478 e. The summed E-state index contributed by atoms with van der Waals surface area (Å²) in [7, 11) is 0. The largest absolute Gasteiger partial charge is 0.478 e. The third-order valence-corrected chi connectivity index (χ3v) is 1.11. The van der Waals surface area contributed by atoms with Crippen LogP contribution in [0.1, 0.15) is 5.56 Å². The summed E-state index contributed by atoms with van der Waals surface area (Å²) in [6.45, 7) is 0. The maximum Gasteiger partial charge on any atom is 0.328 e. The number of anilines is 1. The summed E-state index contributed by atoms with van der Waals surface area (Å²) in [5.41, 5.74) is 5.94. The molecule has 0 aliphatic carbocycles. The van der Waals surface area contributed by atoms with Gasteiger partial charge in [-0.25, -0.2) is 4.79 Å². The number of nitrogens with one attached hydrogen (secondary N) is 1. The van der Waals surface area contributed by atoms with Crippen molar-refractivity contribution in [3.63, 3.8) is 0 Å². The highest BCUT2D eigenvalue weighted by Gasteiger charge is 1.95. The SMILES string of the molecule is Nc1[nH]ncc1C=CC(=O)O. The molecule has 11 heavy (non-hydrogen) atoms. The minimum atomic E-state index is -1.01. The lowest BCUT2D eigenvalue weighted by Crippen LogP contribution is -1.88. The molecule has 5 heteroatoms. The van der Waals surface area contributed by atoms with E-state index in [1.165, 1.54) is 12.3 Å². The number of nitrogens with two attached hydrogens (primary N) is 1. The van der Waals surface area contributed by atoms with Crippen LogP contribution in [0, 0.1) is 0 Å². The van der Waals surface area contributed by atoms with Crippen molar-refractivity contribution in [2.75, 3.05) is 5.73 Å². The first-order valence-corrected chi connectivity index (χ1v) is 2.90. The van der Waals surface area contributed by atoms with Crippen molar-refractivity contribution >= 4 is 17.9 Å². The Balaban J connectivity index is 2.79. The van der Waals surface area contributed by atoms with Crippen LogP contribution in [0.4, 0.5) is 5.82 Å². The van der Waals surface area contributed by atoms with Gasteiger partial charge in [0, 0.05) is 11.6 Å². The first kappa shape index (κ1) is 7.33. The Hall–Kier alpha value is -1.78. The number of nitrogen functional groups attached to an aromatic ring is 1. The summed E-state index contributed by atoms with van der Waals surface area (Å²) in [5.74, 6) is -0.645. The lowest BCUT2D eigenvalue weighted by atomic mass is 10.3. The van der Waals surface area contributed by atoms with Crippen LogP contribution in [-0.2, 0) is 4.79 Å². The molecule has 1 rings (SSSR count). The van der Waals surface area contributed by atoms with E-state index in [0.29, 0.717) is 11.4 Å². The fraction of sp³-hybridized carbons (Fsp3) is 0. The molecule has 0 saturated heterocycles. The molecule has 0 aliphatic heterocycles. The van der Waals surface area contributed by atoms with Crippen LogP contribution in [0.3, 0.4) is 0 Å². The lowest BCUT2D eigenvalue weighted by molar-refractivity contribution is -0.131. The average Bonchev–Trinajstić information content (AvgIpc) is 2.31. The maximum absolute atomic E-state index is 10.0. The molecule has 5 nitrogen and oxygen atoms in total. The number of aliphatic carboxylic acids is 1. The number of nitrogens with zero attached hydrogens (tertiary/aromatic N) is 1. The van der Waals surface area contributed by atoms with E-state index < -0.39 is 5.97 Å². The van der Waals surface area contributed by atoms with E-state index in [9.17, 15) is 4.79 Å². The summed E-state index contributed by atoms with van der Waals surface area (Å²) >= 11 is 0. The van der Waals surface area contributed by atoms with Crippen molar-refractivity contribution in [1.82, 2.24) is 10.2 Å². The second kappa shape index (κ2) is 2.87. The summed E-state index contributed by atoms with van der Waals surface area (Å²) < 4.78 is 0. The third-order valence-electron chi connectivity index (χ3n) is 1.11. The molecule has 0 spiro atoms. The highest BCUT2D eigenvalue weighted by molar-refractivity contribution is 5.86. The summed E-state index contributed by atoms with van der Waals surface area (Å²) in [6.07, 6.45) is 3.83. The number of H-pyrrole nitrogens is 1. The first-order chi connectivity index (χ1) is 5.20. The predicted molar refractivity (Wildman–Crippen MR) is 39.7 cm³/mol. The summed E-state index contributed by atoms with van der Waals surface area (Å²) in [5, 5.41) is 14.3. The Bertz CT molecular complexity index is 290. The molecule has 1 heterocycles. The van der Waals surface area contributed by atoms with E-state index >= 15 is 0 Å². The molecular formula is C6H7N3O2. The molecule has 0 bridgehead atoms. The van der Waals surface area contributed by atoms with Crippen LogP contribution in [0.15, 0.2) is 12.3 Å². The van der Waals surface area contributed by atoms with Crippen LogP contribution in [0.25, 0.3) is 6.08 Å². The van der Waals surface area contributed by atoms with Gasteiger partial charge >= 0.3 is 5.97 Å². The summed E-state index contributed by atoms with van der Waals surface area (Å²) in [4.78, 5) is 10.0. The second-order valence-corrected chi connectivity index (χ2v) is 1.91. The fourth-order valence-corrected chi connectivity index (χ4v) is 0.599. The monoisotopic (exact) mass is 153 g/mol. The second-order valence-electron chi connectivity index (χ2n) is 1.91. The summed E-state index contributed by atoms with van der Waals surface area (Å²) in [6, 6.07) is 0. The number of hydrogen-bond acceptors (Lipinski definition) is 3. The van der Waals surface area contributed by atoms with Gasteiger partial charge in [0.1, 0.15) is 5.82 Å². The molecule has 0 atom stereocenters. The molecule has 1 aromatic rings. The van der Waals surface area contributed by atoms with Crippen LogP contribution in [0.2, 0.25) is 0 Å². The zero-order chi connectivity index (χ0) is 8.27. The molecule has 0 amide bonds. The number of rotatable bonds is 2. The van der Waals surface area contributed by atoms with Gasteiger partial charge in [-0.15, -0.1) is 0 Å². The van der Waals surface area contributed by atoms with Gasteiger partial charge in [0.25, 0.3) is 0 Å². The third kappa shape index (κ3) is 1.82. The van der Waals surface area contributed by atoms with Gasteiger partial charge in [-0.2, -0.15) is 5.10 Å². The fourth-order valence-electron chi connectivity index (χ4n) is 0.599. The molecular weight excluding hydrogens is 146 g/mol. The van der Waals surface area contributed by atoms with Crippen molar-refractivity contribution in [2.45, 2.75) is 0 Å². The Morgan fingerprint density at radius 3 is 3.00 bits per heavy atom. The molecule has 58 valence electrons. The van der Waals surface area contributed by atoms with Crippen molar-refractivity contribution in [2.24, 2.45) is 0 Å². The Morgan fingerprint density at radius 2 is 2.55 bits per heavy atom. The average molecular weight is 153 g/mol. The molecule has 0 aliphatic rings. The Kier molecular flexibility index (Phi) is 1.91. The zero-order valence-electron chi connectivity index (χ0n) is 5.61. The van der Waals surface area contributed by atoms with E-state index in [0.717, 1.165) is 6.08 Å². The van der Waals surface area contributed by atoms with Gasteiger partial charge in [-0.05, 0) is 6.08 Å². The topological polar surface area (TPSA) is 92.0 Å². The van der Waals surface area contributed by atoms with Crippen molar-refractivity contribution in [3.8, 4) is 0 Å². The van der Waals surface area contributed by atoms with E-state index in [1.807, 2.05) is 0 Å². The molecule has 0 saturated carbocycles. The van der Waals surface area contributed by atoms with Gasteiger partial charge in [0.15, 0.2) is 0 Å². The lowest BCUT2D eigenvalue weighted by Gasteiger charge is -1.85. The molecule has 1 aromatic heterocycles. The predicted octanol–water partition coefficient (Wildman–Crippen LogP) is 0.0897. The molecule has 0 radical (unpaired) electrons. The standard InChI is InChI=1S/C6H7N3O2/c7-6-4(3-8-9-6)1-2-5(10)11/h1-3H,(H,10,11)(H3,7,8,9). The smallest absolute Gasteiger partial charge is 0.328 e. The van der Waals surface area contributed by atoms with Gasteiger partial charge in [0.05, 0.1) is 6.20 Å². The maximum atomic E-state index is 10.0. The zero-order valence-corrected chi connectivity index (χ0v) is 5.61. The number of carbonyl (C=O) groups is 1. The van der Waals surface area contributed by atoms with Crippen molar-refractivity contribution in [1.29, 1.82) is 0 Å². The number of hydrogen-bond donors (Lipinski definition) is 3.